The van der Waals surface area contributed by atoms with E-state index in [-0.39, 0.29) is 17.4 Å². The molecule has 2 amide bonds. The first-order valence-electron chi connectivity index (χ1n) is 11.7. The van der Waals surface area contributed by atoms with Crippen LogP contribution in [0.3, 0.4) is 0 Å². The molecule has 5 nitrogen and oxygen atoms in total. The second kappa shape index (κ2) is 10.6. The summed E-state index contributed by atoms with van der Waals surface area (Å²) in [6, 6.07) is 13.2. The van der Waals surface area contributed by atoms with Crippen molar-refractivity contribution in [2.45, 2.75) is 38.5 Å². The van der Waals surface area contributed by atoms with Crippen molar-refractivity contribution in [3.8, 4) is 5.75 Å². The molecule has 2 aromatic rings. The van der Waals surface area contributed by atoms with Gasteiger partial charge >= 0.3 is 0 Å². The molecule has 2 aromatic carbocycles. The fraction of sp³-hybridized carbons (Fsp3) is 0.462. The average Bonchev–Trinajstić information content (AvgIpc) is 2.84. The molecule has 0 spiro atoms. The van der Waals surface area contributed by atoms with Crippen LogP contribution in [-0.4, -0.2) is 54.4 Å². The Bertz CT molecular complexity index is 978. The smallest absolute Gasteiger partial charge is 0.256 e. The van der Waals surface area contributed by atoms with Crippen LogP contribution >= 0.6 is 11.6 Å². The predicted octanol–water partition coefficient (Wildman–Crippen LogP) is 5.18. The van der Waals surface area contributed by atoms with Crippen LogP contribution in [0.4, 0.5) is 4.39 Å². The third-order valence-corrected chi connectivity index (χ3v) is 6.90. The lowest BCUT2D eigenvalue weighted by Crippen LogP contribution is -2.51. The highest BCUT2D eigenvalue weighted by molar-refractivity contribution is 6.30. The highest BCUT2D eigenvalue weighted by Gasteiger charge is 2.41. The van der Waals surface area contributed by atoms with Crippen molar-refractivity contribution in [3.05, 3.63) is 64.9 Å². The molecule has 2 heterocycles. The van der Waals surface area contributed by atoms with Crippen LogP contribution in [0, 0.1) is 11.2 Å². The molecule has 1 atom stereocenters. The van der Waals surface area contributed by atoms with Crippen LogP contribution in [0.15, 0.2) is 48.5 Å². The van der Waals surface area contributed by atoms with Gasteiger partial charge in [-0.1, -0.05) is 23.7 Å². The molecule has 0 bridgehead atoms. The van der Waals surface area contributed by atoms with Crippen molar-refractivity contribution >= 4 is 23.4 Å². The summed E-state index contributed by atoms with van der Waals surface area (Å²) < 4.78 is 20.4. The molecule has 0 aliphatic carbocycles. The van der Waals surface area contributed by atoms with E-state index in [1.807, 2.05) is 4.90 Å². The fourth-order valence-corrected chi connectivity index (χ4v) is 4.97. The Morgan fingerprint density at radius 3 is 2.36 bits per heavy atom. The van der Waals surface area contributed by atoms with Gasteiger partial charge in [0.1, 0.15) is 11.6 Å². The van der Waals surface area contributed by atoms with Crippen LogP contribution in [0.25, 0.3) is 0 Å². The average molecular weight is 473 g/mol. The quantitative estimate of drug-likeness (QED) is 0.581. The van der Waals surface area contributed by atoms with Crippen LogP contribution in [-0.2, 0) is 4.79 Å². The van der Waals surface area contributed by atoms with E-state index in [1.165, 1.54) is 12.1 Å². The maximum absolute atomic E-state index is 14.3. The minimum absolute atomic E-state index is 0.0641. The number of piperidine rings is 2. The molecule has 0 aromatic heterocycles. The number of carbonyl (C=O) groups is 2. The van der Waals surface area contributed by atoms with Crippen molar-refractivity contribution in [1.29, 1.82) is 0 Å². The number of rotatable bonds is 6. The summed E-state index contributed by atoms with van der Waals surface area (Å²) in [6.45, 7) is 2.76. The highest BCUT2D eigenvalue weighted by Crippen LogP contribution is 2.36. The number of ether oxygens (including phenoxy) is 1. The standard InChI is InChI=1S/C26H30ClFN2O3/c27-20-9-11-21(12-10-20)33-19-26(17-24(31)29-14-4-1-5-15-29)13-6-16-30(18-26)25(32)22-7-2-3-8-23(22)28/h2-3,7-12H,1,4-6,13-19H2/t26-/m1/s1. The topological polar surface area (TPSA) is 49.9 Å². The van der Waals surface area contributed by atoms with Crippen molar-refractivity contribution in [2.75, 3.05) is 32.8 Å². The van der Waals surface area contributed by atoms with Gasteiger partial charge in [-0.15, -0.1) is 0 Å². The Hall–Kier alpha value is -2.60. The maximum atomic E-state index is 14.3. The monoisotopic (exact) mass is 472 g/mol. The minimum atomic E-state index is -0.534. The molecule has 0 N–H and O–H groups in total. The molecule has 0 radical (unpaired) electrons. The minimum Gasteiger partial charge on any atom is -0.493 e. The van der Waals surface area contributed by atoms with E-state index in [1.54, 1.807) is 41.3 Å². The largest absolute Gasteiger partial charge is 0.493 e. The van der Waals surface area contributed by atoms with Crippen molar-refractivity contribution < 1.29 is 18.7 Å². The van der Waals surface area contributed by atoms with Gasteiger partial charge in [0.05, 0.1) is 12.2 Å². The molecule has 4 rings (SSSR count). The van der Waals surface area contributed by atoms with E-state index in [0.717, 1.165) is 45.2 Å². The van der Waals surface area contributed by atoms with Gasteiger partial charge in [-0.05, 0) is 68.5 Å². The number of amides is 2. The maximum Gasteiger partial charge on any atom is 0.256 e. The molecule has 2 aliphatic rings. The molecule has 2 aliphatic heterocycles. The number of hydrogen-bond donors (Lipinski definition) is 0. The lowest BCUT2D eigenvalue weighted by molar-refractivity contribution is -0.136. The molecule has 176 valence electrons. The van der Waals surface area contributed by atoms with Gasteiger partial charge in [0, 0.05) is 43.0 Å². The summed E-state index contributed by atoms with van der Waals surface area (Å²) in [6.07, 6.45) is 5.01. The van der Waals surface area contributed by atoms with Crippen molar-refractivity contribution in [3.63, 3.8) is 0 Å². The second-order valence-corrected chi connectivity index (χ2v) is 9.61. The molecular weight excluding hydrogens is 443 g/mol. The van der Waals surface area contributed by atoms with Gasteiger partial charge in [-0.2, -0.15) is 0 Å². The molecule has 2 saturated heterocycles. The zero-order chi connectivity index (χ0) is 23.3. The summed E-state index contributed by atoms with van der Waals surface area (Å²) >= 11 is 5.99. The highest BCUT2D eigenvalue weighted by atomic mass is 35.5. The van der Waals surface area contributed by atoms with E-state index in [4.69, 9.17) is 16.3 Å². The Labute approximate surface area is 199 Å². The van der Waals surface area contributed by atoms with E-state index in [2.05, 4.69) is 0 Å². The van der Waals surface area contributed by atoms with Crippen molar-refractivity contribution in [2.24, 2.45) is 5.41 Å². The third-order valence-electron chi connectivity index (χ3n) is 6.65. The van der Waals surface area contributed by atoms with Crippen LogP contribution < -0.4 is 4.74 Å². The van der Waals surface area contributed by atoms with Crippen LogP contribution in [0.1, 0.15) is 48.9 Å². The van der Waals surface area contributed by atoms with E-state index in [9.17, 15) is 14.0 Å². The molecule has 7 heteroatoms. The van der Waals surface area contributed by atoms with Gasteiger partial charge in [-0.25, -0.2) is 4.39 Å². The lowest BCUT2D eigenvalue weighted by Gasteiger charge is -2.43. The van der Waals surface area contributed by atoms with E-state index >= 15 is 0 Å². The number of likely N-dealkylation sites (tertiary alicyclic amines) is 2. The first-order valence-corrected chi connectivity index (χ1v) is 12.0. The fourth-order valence-electron chi connectivity index (χ4n) is 4.84. The lowest BCUT2D eigenvalue weighted by atomic mass is 9.77. The first-order chi connectivity index (χ1) is 16.0. The summed E-state index contributed by atoms with van der Waals surface area (Å²) in [5, 5.41) is 0.622. The molecule has 33 heavy (non-hydrogen) atoms. The molecule has 0 saturated carbocycles. The Balaban J connectivity index is 1.54. The second-order valence-electron chi connectivity index (χ2n) is 9.17. The Kier molecular flexibility index (Phi) is 7.53. The third kappa shape index (κ3) is 5.85. The van der Waals surface area contributed by atoms with Gasteiger partial charge in [-0.3, -0.25) is 9.59 Å². The summed E-state index contributed by atoms with van der Waals surface area (Å²) in [7, 11) is 0. The van der Waals surface area contributed by atoms with E-state index < -0.39 is 11.2 Å². The normalized spacial score (nSPS) is 21.0. The zero-order valence-corrected chi connectivity index (χ0v) is 19.5. The van der Waals surface area contributed by atoms with Crippen molar-refractivity contribution in [1.82, 2.24) is 9.80 Å². The van der Waals surface area contributed by atoms with Crippen LogP contribution in [0.5, 0.6) is 5.75 Å². The number of halogens is 2. The van der Waals surface area contributed by atoms with Gasteiger partial charge < -0.3 is 14.5 Å². The van der Waals surface area contributed by atoms with Gasteiger partial charge in [0.15, 0.2) is 0 Å². The van der Waals surface area contributed by atoms with Gasteiger partial charge in [0.25, 0.3) is 5.91 Å². The Morgan fingerprint density at radius 1 is 0.939 bits per heavy atom. The molecule has 2 fully saturated rings. The zero-order valence-electron chi connectivity index (χ0n) is 18.8. The first kappa shape index (κ1) is 23.6. The summed E-state index contributed by atoms with van der Waals surface area (Å²) in [5.74, 6) is -0.0917. The summed E-state index contributed by atoms with van der Waals surface area (Å²) in [5.41, 5.74) is -0.470. The number of carbonyl (C=O) groups excluding carboxylic acids is 2. The Morgan fingerprint density at radius 2 is 1.64 bits per heavy atom. The molecule has 0 unspecified atom stereocenters. The van der Waals surface area contributed by atoms with Crippen LogP contribution in [0.2, 0.25) is 5.02 Å². The summed E-state index contributed by atoms with van der Waals surface area (Å²) in [4.78, 5) is 30.0. The SMILES string of the molecule is O=C(C[C@]1(COc2ccc(Cl)cc2)CCCN(C(=O)c2ccccc2F)C1)N1CCCCC1. The number of hydrogen-bond acceptors (Lipinski definition) is 3. The molecular formula is C26H30ClFN2O3. The predicted molar refractivity (Wildman–Crippen MR) is 126 cm³/mol. The van der Waals surface area contributed by atoms with Gasteiger partial charge in [0.2, 0.25) is 5.91 Å². The number of benzene rings is 2. The number of nitrogens with zero attached hydrogens (tertiary/aromatic N) is 2. The van der Waals surface area contributed by atoms with E-state index in [0.29, 0.717) is 36.9 Å².